The predicted molar refractivity (Wildman–Crippen MR) is 167 cm³/mol. The minimum Gasteiger partial charge on any atom is -0.310 e. The lowest BCUT2D eigenvalue weighted by molar-refractivity contribution is 1.30. The quantitative estimate of drug-likeness (QED) is 0.227. The first-order valence-electron chi connectivity index (χ1n) is 15.0. The zero-order chi connectivity index (χ0) is 29.5. The third-order valence-corrected chi connectivity index (χ3v) is 7.11. The first-order chi connectivity index (χ1) is 21.0. The summed E-state index contributed by atoms with van der Waals surface area (Å²) in [6.45, 7) is 0. The molecule has 7 aromatic carbocycles. The molecule has 0 fully saturated rings. The van der Waals surface area contributed by atoms with Crippen molar-refractivity contribution in [2.24, 2.45) is 0 Å². The van der Waals surface area contributed by atoms with E-state index >= 15 is 0 Å². The van der Waals surface area contributed by atoms with E-state index in [2.05, 4.69) is 12.1 Å². The normalized spacial score (nSPS) is 12.5. The first-order valence-corrected chi connectivity index (χ1v) is 13.0. The van der Waals surface area contributed by atoms with E-state index in [4.69, 9.17) is 4.11 Å². The topological polar surface area (TPSA) is 3.24 Å². The number of fused-ring (bicyclic) bond motifs is 2. The number of anilines is 3. The zero-order valence-corrected chi connectivity index (χ0v) is 21.2. The molecule has 0 aliphatic rings. The fourth-order valence-corrected chi connectivity index (χ4v) is 5.16. The van der Waals surface area contributed by atoms with E-state index in [9.17, 15) is 1.37 Å². The van der Waals surface area contributed by atoms with Gasteiger partial charge < -0.3 is 4.90 Å². The van der Waals surface area contributed by atoms with E-state index < -0.39 is 0 Å². The van der Waals surface area contributed by atoms with Gasteiger partial charge in [0, 0.05) is 16.8 Å². The minimum atomic E-state index is -0.208. The van der Waals surface area contributed by atoms with Crippen LogP contribution in [0.5, 0.6) is 0 Å². The SMILES string of the molecule is [2H]c1c([2H])c(-c2ccc3ccccc3c2)c([2H])c(N(c2ccc(-c3ccccc3)cc2)c2cccc3ccccc23)c1[2H]. The van der Waals surface area contributed by atoms with Gasteiger partial charge in [0.05, 0.1) is 11.2 Å². The van der Waals surface area contributed by atoms with Crippen molar-refractivity contribution in [1.29, 1.82) is 0 Å². The second kappa shape index (κ2) is 9.96. The molecule has 39 heavy (non-hydrogen) atoms. The molecule has 0 radical (unpaired) electrons. The average molecular weight is 502 g/mol. The van der Waals surface area contributed by atoms with Crippen molar-refractivity contribution in [3.8, 4) is 22.3 Å². The Morgan fingerprint density at radius 2 is 1.10 bits per heavy atom. The second-order valence-electron chi connectivity index (χ2n) is 9.53. The van der Waals surface area contributed by atoms with E-state index in [0.29, 0.717) is 11.1 Å². The van der Waals surface area contributed by atoms with Gasteiger partial charge in [0.15, 0.2) is 0 Å². The molecule has 184 valence electrons. The van der Waals surface area contributed by atoms with Crippen molar-refractivity contribution >= 4 is 38.6 Å². The third kappa shape index (κ3) is 4.45. The summed E-state index contributed by atoms with van der Waals surface area (Å²) in [7, 11) is 0. The van der Waals surface area contributed by atoms with Gasteiger partial charge in [0.2, 0.25) is 0 Å². The Morgan fingerprint density at radius 3 is 1.95 bits per heavy atom. The zero-order valence-electron chi connectivity index (χ0n) is 25.2. The summed E-state index contributed by atoms with van der Waals surface area (Å²) in [6, 6.07) is 45.7. The molecule has 0 heterocycles. The molecular formula is C38H27N. The highest BCUT2D eigenvalue weighted by Gasteiger charge is 2.16. The van der Waals surface area contributed by atoms with Gasteiger partial charge in [0.25, 0.3) is 0 Å². The van der Waals surface area contributed by atoms with Gasteiger partial charge in [-0.2, -0.15) is 0 Å². The van der Waals surface area contributed by atoms with Crippen LogP contribution >= 0.6 is 0 Å². The van der Waals surface area contributed by atoms with Gasteiger partial charge in [-0.05, 0) is 74.8 Å². The molecule has 0 amide bonds. The molecule has 0 atom stereocenters. The molecule has 0 spiro atoms. The molecule has 0 aliphatic carbocycles. The van der Waals surface area contributed by atoms with Crippen molar-refractivity contribution in [3.63, 3.8) is 0 Å². The molecule has 0 saturated carbocycles. The van der Waals surface area contributed by atoms with Crippen LogP contribution in [0.4, 0.5) is 17.1 Å². The lowest BCUT2D eigenvalue weighted by Crippen LogP contribution is -2.10. The summed E-state index contributed by atoms with van der Waals surface area (Å²) in [5.74, 6) is 0. The minimum absolute atomic E-state index is 0.0429. The maximum Gasteiger partial charge on any atom is 0.0651 e. The van der Waals surface area contributed by atoms with Crippen molar-refractivity contribution in [1.82, 2.24) is 0 Å². The summed E-state index contributed by atoms with van der Waals surface area (Å²) in [6.07, 6.45) is 0. The van der Waals surface area contributed by atoms with Crippen LogP contribution in [0.25, 0.3) is 43.8 Å². The van der Waals surface area contributed by atoms with E-state index in [1.807, 2.05) is 132 Å². The maximum absolute atomic E-state index is 9.52. The van der Waals surface area contributed by atoms with Crippen LogP contribution in [0.15, 0.2) is 164 Å². The third-order valence-electron chi connectivity index (χ3n) is 7.11. The first kappa shape index (κ1) is 19.0. The predicted octanol–water partition coefficient (Wildman–Crippen LogP) is 10.8. The Kier molecular flexibility index (Phi) is 4.86. The number of hydrogen-bond acceptors (Lipinski definition) is 1. The van der Waals surface area contributed by atoms with E-state index in [1.54, 1.807) is 0 Å². The highest BCUT2D eigenvalue weighted by Crippen LogP contribution is 2.40. The number of hydrogen-bond donors (Lipinski definition) is 0. The van der Waals surface area contributed by atoms with Gasteiger partial charge in [-0.1, -0.05) is 127 Å². The van der Waals surface area contributed by atoms with Crippen molar-refractivity contribution in [2.75, 3.05) is 4.90 Å². The van der Waals surface area contributed by atoms with Crippen LogP contribution in [0.2, 0.25) is 0 Å². The van der Waals surface area contributed by atoms with E-state index in [1.165, 1.54) is 0 Å². The summed E-state index contributed by atoms with van der Waals surface area (Å²) >= 11 is 0. The molecule has 0 N–H and O–H groups in total. The molecule has 0 unspecified atom stereocenters. The molecule has 1 nitrogen and oxygen atoms in total. The highest BCUT2D eigenvalue weighted by molar-refractivity contribution is 5.99. The van der Waals surface area contributed by atoms with Gasteiger partial charge in [-0.15, -0.1) is 0 Å². The molecule has 0 aliphatic heterocycles. The Morgan fingerprint density at radius 1 is 0.436 bits per heavy atom. The lowest BCUT2D eigenvalue weighted by atomic mass is 10.00. The Balaban J connectivity index is 1.50. The maximum atomic E-state index is 9.52. The van der Waals surface area contributed by atoms with Gasteiger partial charge in [0.1, 0.15) is 0 Å². The fraction of sp³-hybridized carbons (Fsp3) is 0. The summed E-state index contributed by atoms with van der Waals surface area (Å²) in [5.41, 5.74) is 5.01. The summed E-state index contributed by atoms with van der Waals surface area (Å²) in [4.78, 5) is 1.91. The molecule has 1 heteroatoms. The summed E-state index contributed by atoms with van der Waals surface area (Å²) < 4.78 is 36.4. The summed E-state index contributed by atoms with van der Waals surface area (Å²) in [5, 5.41) is 4.04. The Bertz CT molecular complexity index is 2120. The lowest BCUT2D eigenvalue weighted by Gasteiger charge is -2.27. The molecule has 0 bridgehead atoms. The van der Waals surface area contributed by atoms with Crippen LogP contribution in [-0.4, -0.2) is 0 Å². The Labute approximate surface area is 234 Å². The molecule has 7 aromatic rings. The smallest absolute Gasteiger partial charge is 0.0651 e. The van der Waals surface area contributed by atoms with Crippen LogP contribution < -0.4 is 4.90 Å². The van der Waals surface area contributed by atoms with Crippen molar-refractivity contribution in [3.05, 3.63) is 164 Å². The molecule has 0 saturated heterocycles. The van der Waals surface area contributed by atoms with Crippen molar-refractivity contribution in [2.45, 2.75) is 0 Å². The van der Waals surface area contributed by atoms with Gasteiger partial charge in [-0.25, -0.2) is 0 Å². The fourth-order valence-electron chi connectivity index (χ4n) is 5.16. The monoisotopic (exact) mass is 501 g/mol. The van der Waals surface area contributed by atoms with E-state index in [0.717, 1.165) is 44.0 Å². The van der Waals surface area contributed by atoms with Crippen LogP contribution in [0.1, 0.15) is 5.48 Å². The van der Waals surface area contributed by atoms with Crippen LogP contribution in [0, 0.1) is 0 Å². The van der Waals surface area contributed by atoms with Crippen LogP contribution in [-0.2, 0) is 0 Å². The Hall–Kier alpha value is -5.14. The van der Waals surface area contributed by atoms with Gasteiger partial charge in [-0.3, -0.25) is 0 Å². The largest absolute Gasteiger partial charge is 0.310 e. The van der Waals surface area contributed by atoms with Crippen molar-refractivity contribution < 1.29 is 5.48 Å². The number of benzene rings is 7. The average Bonchev–Trinajstić information content (AvgIpc) is 3.06. The van der Waals surface area contributed by atoms with Gasteiger partial charge >= 0.3 is 0 Å². The van der Waals surface area contributed by atoms with Crippen LogP contribution in [0.3, 0.4) is 0 Å². The number of rotatable bonds is 5. The standard InChI is InChI=1S/C38H27N/c1-2-10-28(11-3-1)30-22-24-35(25-23-30)39(38-19-9-15-31-13-6-7-18-37(31)38)36-17-8-16-33(27-36)34-21-20-29-12-4-5-14-32(29)26-34/h1-27H/i8D,16D,17D,27D. The molecule has 7 rings (SSSR count). The molecular weight excluding hydrogens is 470 g/mol. The molecule has 0 aromatic heterocycles. The second-order valence-corrected chi connectivity index (χ2v) is 9.53. The highest BCUT2D eigenvalue weighted by atomic mass is 15.1. The number of nitrogens with zero attached hydrogens (tertiary/aromatic N) is 1. The van der Waals surface area contributed by atoms with E-state index in [-0.39, 0.29) is 29.9 Å².